The Kier molecular flexibility index (Phi) is 8.01. The molecule has 0 saturated heterocycles. The lowest BCUT2D eigenvalue weighted by atomic mass is 9.72. The van der Waals surface area contributed by atoms with Gasteiger partial charge in [-0.15, -0.1) is 0 Å². The third kappa shape index (κ3) is 6.83. The number of aliphatic hydroxyl groups is 1. The minimum atomic E-state index is 0.156. The second-order valence-corrected chi connectivity index (χ2v) is 10.1. The van der Waals surface area contributed by atoms with Crippen LogP contribution in [0.1, 0.15) is 83.9 Å². The van der Waals surface area contributed by atoms with E-state index < -0.39 is 0 Å². The SMILES string of the molecule is Cc1c(O)cc(CC(CCC(C)(C)C)C(C)(C)C)c(CCCCO)c1O. The van der Waals surface area contributed by atoms with Gasteiger partial charge in [-0.1, -0.05) is 41.5 Å². The lowest BCUT2D eigenvalue weighted by molar-refractivity contribution is 0.194. The van der Waals surface area contributed by atoms with Crippen molar-refractivity contribution in [2.24, 2.45) is 16.7 Å². The number of phenolic OH excluding ortho intramolecular Hbond substituents is 2. The summed E-state index contributed by atoms with van der Waals surface area (Å²) >= 11 is 0. The van der Waals surface area contributed by atoms with E-state index in [1.54, 1.807) is 6.92 Å². The molecule has 0 bridgehead atoms. The molecule has 0 spiro atoms. The van der Waals surface area contributed by atoms with Crippen molar-refractivity contribution in [1.29, 1.82) is 0 Å². The summed E-state index contributed by atoms with van der Waals surface area (Å²) in [6, 6.07) is 1.85. The van der Waals surface area contributed by atoms with Crippen LogP contribution < -0.4 is 0 Å². The maximum atomic E-state index is 10.6. The van der Waals surface area contributed by atoms with Crippen LogP contribution in [0, 0.1) is 23.7 Å². The number of rotatable bonds is 8. The molecule has 150 valence electrons. The van der Waals surface area contributed by atoms with Crippen molar-refractivity contribution < 1.29 is 15.3 Å². The average Bonchev–Trinajstić information content (AvgIpc) is 2.50. The summed E-state index contributed by atoms with van der Waals surface area (Å²) < 4.78 is 0. The molecule has 0 aliphatic heterocycles. The van der Waals surface area contributed by atoms with E-state index in [1.807, 2.05) is 6.07 Å². The fourth-order valence-electron chi connectivity index (χ4n) is 3.45. The lowest BCUT2D eigenvalue weighted by Crippen LogP contribution is -2.25. The first-order valence-electron chi connectivity index (χ1n) is 10.0. The van der Waals surface area contributed by atoms with E-state index in [-0.39, 0.29) is 23.5 Å². The van der Waals surface area contributed by atoms with E-state index in [0.717, 1.165) is 49.7 Å². The number of unbranched alkanes of at least 4 members (excludes halogenated alkanes) is 1. The van der Waals surface area contributed by atoms with Gasteiger partial charge in [0, 0.05) is 12.2 Å². The molecule has 3 heteroatoms. The van der Waals surface area contributed by atoms with Crippen molar-refractivity contribution in [1.82, 2.24) is 0 Å². The number of hydrogen-bond acceptors (Lipinski definition) is 3. The summed E-state index contributed by atoms with van der Waals surface area (Å²) in [5, 5.41) is 29.9. The zero-order chi connectivity index (χ0) is 20.1. The molecule has 0 aliphatic rings. The van der Waals surface area contributed by atoms with Crippen LogP contribution in [0.2, 0.25) is 0 Å². The molecule has 1 aromatic carbocycles. The van der Waals surface area contributed by atoms with Gasteiger partial charge in [0.05, 0.1) is 0 Å². The van der Waals surface area contributed by atoms with E-state index in [9.17, 15) is 10.2 Å². The van der Waals surface area contributed by atoms with Crippen molar-refractivity contribution in [3.8, 4) is 11.5 Å². The predicted octanol–water partition coefficient (Wildman–Crippen LogP) is 5.75. The average molecular weight is 365 g/mol. The Morgan fingerprint density at radius 2 is 1.62 bits per heavy atom. The van der Waals surface area contributed by atoms with E-state index in [0.29, 0.717) is 16.9 Å². The molecule has 1 atom stereocenters. The molecule has 0 radical (unpaired) electrons. The Balaban J connectivity index is 3.16. The fourth-order valence-corrected chi connectivity index (χ4v) is 3.45. The Hall–Kier alpha value is -1.22. The highest BCUT2D eigenvalue weighted by atomic mass is 16.3. The monoisotopic (exact) mass is 364 g/mol. The Labute approximate surface area is 160 Å². The summed E-state index contributed by atoms with van der Waals surface area (Å²) in [6.45, 7) is 15.6. The van der Waals surface area contributed by atoms with Crippen molar-refractivity contribution in [3.05, 3.63) is 22.8 Å². The van der Waals surface area contributed by atoms with Gasteiger partial charge in [0.15, 0.2) is 0 Å². The molecule has 26 heavy (non-hydrogen) atoms. The predicted molar refractivity (Wildman–Crippen MR) is 110 cm³/mol. The normalized spacial score (nSPS) is 13.8. The highest BCUT2D eigenvalue weighted by molar-refractivity contribution is 5.52. The van der Waals surface area contributed by atoms with Gasteiger partial charge < -0.3 is 15.3 Å². The molecule has 3 nitrogen and oxygen atoms in total. The molecule has 1 unspecified atom stereocenters. The Morgan fingerprint density at radius 1 is 1.00 bits per heavy atom. The van der Waals surface area contributed by atoms with Crippen LogP contribution in [-0.2, 0) is 12.8 Å². The molecule has 1 aromatic rings. The van der Waals surface area contributed by atoms with Crippen LogP contribution in [-0.4, -0.2) is 21.9 Å². The third-order valence-electron chi connectivity index (χ3n) is 5.49. The van der Waals surface area contributed by atoms with E-state index in [1.165, 1.54) is 0 Å². The van der Waals surface area contributed by atoms with Gasteiger partial charge in [0.2, 0.25) is 0 Å². The third-order valence-corrected chi connectivity index (χ3v) is 5.49. The first-order chi connectivity index (χ1) is 11.9. The summed E-state index contributed by atoms with van der Waals surface area (Å²) in [7, 11) is 0. The molecular formula is C23H40O3. The van der Waals surface area contributed by atoms with Gasteiger partial charge in [-0.25, -0.2) is 0 Å². The largest absolute Gasteiger partial charge is 0.508 e. The number of phenols is 2. The maximum Gasteiger partial charge on any atom is 0.125 e. The molecule has 0 fully saturated rings. The van der Waals surface area contributed by atoms with Gasteiger partial charge in [-0.3, -0.25) is 0 Å². The van der Waals surface area contributed by atoms with Gasteiger partial charge >= 0.3 is 0 Å². The first-order valence-corrected chi connectivity index (χ1v) is 10.0. The lowest BCUT2D eigenvalue weighted by Gasteiger charge is -2.34. The molecule has 0 heterocycles. The van der Waals surface area contributed by atoms with Gasteiger partial charge in [0.1, 0.15) is 11.5 Å². The number of hydrogen-bond donors (Lipinski definition) is 3. The molecule has 3 N–H and O–H groups in total. The Bertz CT molecular complexity index is 577. The Morgan fingerprint density at radius 3 is 2.12 bits per heavy atom. The molecule has 0 aliphatic carbocycles. The molecular weight excluding hydrogens is 324 g/mol. The van der Waals surface area contributed by atoms with Crippen LogP contribution in [0.25, 0.3) is 0 Å². The standard InChI is InChI=1S/C23H40O3/c1-16-20(25)15-17(19(21(16)26)10-8-9-13-24)14-18(23(5,6)7)11-12-22(2,3)4/h15,18,24-26H,8-14H2,1-7H3. The fraction of sp³-hybridized carbons (Fsp3) is 0.739. The summed E-state index contributed by atoms with van der Waals surface area (Å²) in [5.74, 6) is 0.869. The van der Waals surface area contributed by atoms with E-state index in [4.69, 9.17) is 5.11 Å². The van der Waals surface area contributed by atoms with E-state index in [2.05, 4.69) is 41.5 Å². The number of aromatic hydroxyl groups is 2. The van der Waals surface area contributed by atoms with Crippen LogP contribution in [0.3, 0.4) is 0 Å². The summed E-state index contributed by atoms with van der Waals surface area (Å²) in [5.41, 5.74) is 3.00. The van der Waals surface area contributed by atoms with E-state index >= 15 is 0 Å². The zero-order valence-electron chi connectivity index (χ0n) is 17.9. The summed E-state index contributed by atoms with van der Waals surface area (Å²) in [6.07, 6.45) is 5.43. The van der Waals surface area contributed by atoms with Gasteiger partial charge in [-0.2, -0.15) is 0 Å². The first kappa shape index (κ1) is 22.8. The number of aliphatic hydroxyl groups excluding tert-OH is 1. The molecule has 0 amide bonds. The number of benzene rings is 1. The highest BCUT2D eigenvalue weighted by Gasteiger charge is 2.28. The van der Waals surface area contributed by atoms with Crippen LogP contribution in [0.4, 0.5) is 0 Å². The van der Waals surface area contributed by atoms with Gasteiger partial charge in [0.25, 0.3) is 0 Å². The topological polar surface area (TPSA) is 60.7 Å². The minimum Gasteiger partial charge on any atom is -0.508 e. The maximum absolute atomic E-state index is 10.6. The van der Waals surface area contributed by atoms with Crippen LogP contribution in [0.15, 0.2) is 6.07 Å². The van der Waals surface area contributed by atoms with Gasteiger partial charge in [-0.05, 0) is 79.4 Å². The van der Waals surface area contributed by atoms with Crippen LogP contribution >= 0.6 is 0 Å². The van der Waals surface area contributed by atoms with Crippen molar-refractivity contribution in [3.63, 3.8) is 0 Å². The second-order valence-electron chi connectivity index (χ2n) is 10.1. The molecule has 0 aromatic heterocycles. The van der Waals surface area contributed by atoms with Crippen molar-refractivity contribution in [2.75, 3.05) is 6.61 Å². The summed E-state index contributed by atoms with van der Waals surface area (Å²) in [4.78, 5) is 0. The quantitative estimate of drug-likeness (QED) is 0.514. The van der Waals surface area contributed by atoms with Crippen molar-refractivity contribution >= 4 is 0 Å². The minimum absolute atomic E-state index is 0.156. The second kappa shape index (κ2) is 9.12. The zero-order valence-corrected chi connectivity index (χ0v) is 17.9. The van der Waals surface area contributed by atoms with Crippen molar-refractivity contribution in [2.45, 2.75) is 87.0 Å². The highest BCUT2D eigenvalue weighted by Crippen LogP contribution is 2.40. The molecule has 0 saturated carbocycles. The smallest absolute Gasteiger partial charge is 0.125 e. The van der Waals surface area contributed by atoms with Crippen LogP contribution in [0.5, 0.6) is 11.5 Å². The molecule has 1 rings (SSSR count).